The van der Waals surface area contributed by atoms with Gasteiger partial charge in [0.15, 0.2) is 0 Å². The van der Waals surface area contributed by atoms with E-state index in [9.17, 15) is 4.79 Å². The van der Waals surface area contributed by atoms with Gasteiger partial charge >= 0.3 is 0 Å². The maximum Gasteiger partial charge on any atom is 0.222 e. The molecule has 2 aliphatic heterocycles. The molecule has 3 rings (SSSR count). The molecule has 18 heavy (non-hydrogen) atoms. The van der Waals surface area contributed by atoms with E-state index >= 15 is 0 Å². The fraction of sp³-hybridized carbons (Fsp3) is 0.692. The van der Waals surface area contributed by atoms with Gasteiger partial charge in [-0.25, -0.2) is 0 Å². The van der Waals surface area contributed by atoms with Gasteiger partial charge in [-0.05, 0) is 31.7 Å². The van der Waals surface area contributed by atoms with E-state index in [1.807, 2.05) is 12.3 Å². The van der Waals surface area contributed by atoms with E-state index in [1.54, 1.807) is 10.9 Å². The van der Waals surface area contributed by atoms with Gasteiger partial charge in [0.05, 0.1) is 0 Å². The zero-order valence-corrected chi connectivity index (χ0v) is 10.5. The molecule has 1 amide bonds. The second-order valence-electron chi connectivity index (χ2n) is 5.39. The third kappa shape index (κ3) is 2.72. The maximum absolute atomic E-state index is 11.9. The molecule has 2 atom stereocenters. The van der Waals surface area contributed by atoms with Crippen molar-refractivity contribution in [3.05, 3.63) is 18.5 Å². The summed E-state index contributed by atoms with van der Waals surface area (Å²) in [6.07, 6.45) is 8.85. The summed E-state index contributed by atoms with van der Waals surface area (Å²) in [5, 5.41) is 10.8. The molecule has 2 aliphatic rings. The second-order valence-corrected chi connectivity index (χ2v) is 5.39. The van der Waals surface area contributed by atoms with Gasteiger partial charge in [-0.3, -0.25) is 9.48 Å². The van der Waals surface area contributed by atoms with Crippen molar-refractivity contribution in [2.45, 2.75) is 56.8 Å². The average Bonchev–Trinajstić information content (AvgIpc) is 2.97. The van der Waals surface area contributed by atoms with Crippen molar-refractivity contribution in [2.24, 2.45) is 0 Å². The molecule has 2 bridgehead atoms. The van der Waals surface area contributed by atoms with Crippen LogP contribution in [-0.4, -0.2) is 33.8 Å². The van der Waals surface area contributed by atoms with Crippen LogP contribution in [0.4, 0.5) is 0 Å². The number of hydrogen-bond donors (Lipinski definition) is 2. The summed E-state index contributed by atoms with van der Waals surface area (Å²) in [7, 11) is 0. The van der Waals surface area contributed by atoms with Crippen molar-refractivity contribution in [2.75, 3.05) is 0 Å². The van der Waals surface area contributed by atoms with E-state index in [4.69, 9.17) is 0 Å². The molecule has 0 aliphatic carbocycles. The normalized spacial score (nSPS) is 30.3. The van der Waals surface area contributed by atoms with Gasteiger partial charge < -0.3 is 10.6 Å². The third-order valence-corrected chi connectivity index (χ3v) is 3.97. The average molecular weight is 248 g/mol. The van der Waals surface area contributed by atoms with E-state index in [0.717, 1.165) is 12.8 Å². The van der Waals surface area contributed by atoms with E-state index in [1.165, 1.54) is 12.8 Å². The largest absolute Gasteiger partial charge is 0.353 e. The molecule has 5 heteroatoms. The van der Waals surface area contributed by atoms with Gasteiger partial charge in [0.2, 0.25) is 5.91 Å². The number of piperidine rings is 1. The Balaban J connectivity index is 1.43. The quantitative estimate of drug-likeness (QED) is 0.823. The number of aromatic nitrogens is 2. The summed E-state index contributed by atoms with van der Waals surface area (Å²) in [5.74, 6) is 0.150. The third-order valence-electron chi connectivity index (χ3n) is 3.97. The van der Waals surface area contributed by atoms with Crippen LogP contribution in [0, 0.1) is 0 Å². The molecule has 0 saturated carbocycles. The van der Waals surface area contributed by atoms with Gasteiger partial charge in [-0.1, -0.05) is 0 Å². The zero-order valence-electron chi connectivity index (χ0n) is 10.5. The topological polar surface area (TPSA) is 59.0 Å². The fourth-order valence-corrected chi connectivity index (χ4v) is 3.12. The molecule has 2 fully saturated rings. The Morgan fingerprint density at radius 1 is 1.39 bits per heavy atom. The van der Waals surface area contributed by atoms with Gasteiger partial charge in [0.25, 0.3) is 0 Å². The van der Waals surface area contributed by atoms with E-state index in [2.05, 4.69) is 15.7 Å². The highest BCUT2D eigenvalue weighted by atomic mass is 16.1. The van der Waals surface area contributed by atoms with Crippen LogP contribution in [-0.2, 0) is 11.3 Å². The number of carbonyl (C=O) groups excluding carboxylic acids is 1. The monoisotopic (exact) mass is 248 g/mol. The Hall–Kier alpha value is -1.36. The molecule has 1 aromatic heterocycles. The fourth-order valence-electron chi connectivity index (χ4n) is 3.12. The molecule has 2 unspecified atom stereocenters. The number of amides is 1. The molecule has 0 radical (unpaired) electrons. The van der Waals surface area contributed by atoms with Crippen LogP contribution in [0.15, 0.2) is 18.5 Å². The zero-order chi connectivity index (χ0) is 12.4. The lowest BCUT2D eigenvalue weighted by atomic mass is 10.00. The molecule has 2 saturated heterocycles. The minimum atomic E-state index is 0.150. The van der Waals surface area contributed by atoms with Crippen molar-refractivity contribution in [1.82, 2.24) is 20.4 Å². The van der Waals surface area contributed by atoms with Crippen LogP contribution in [0.5, 0.6) is 0 Å². The summed E-state index contributed by atoms with van der Waals surface area (Å²) in [4.78, 5) is 11.9. The predicted octanol–water partition coefficient (Wildman–Crippen LogP) is 0.672. The number of aryl methyl sites for hydroxylation is 1. The van der Waals surface area contributed by atoms with Gasteiger partial charge in [0, 0.05) is 43.5 Å². The molecular formula is C13H20N4O. The summed E-state index contributed by atoms with van der Waals surface area (Å²) < 4.78 is 1.80. The molecule has 0 spiro atoms. The van der Waals surface area contributed by atoms with E-state index < -0.39 is 0 Å². The predicted molar refractivity (Wildman–Crippen MR) is 68.0 cm³/mol. The Bertz CT molecular complexity index is 391. The second kappa shape index (κ2) is 5.10. The van der Waals surface area contributed by atoms with Crippen LogP contribution in [0.3, 0.4) is 0 Å². The first-order valence-electron chi connectivity index (χ1n) is 6.82. The van der Waals surface area contributed by atoms with Crippen LogP contribution in [0.25, 0.3) is 0 Å². The lowest BCUT2D eigenvalue weighted by Crippen LogP contribution is -2.48. The Labute approximate surface area is 107 Å². The molecule has 3 heterocycles. The van der Waals surface area contributed by atoms with Crippen LogP contribution < -0.4 is 10.6 Å². The van der Waals surface area contributed by atoms with Crippen molar-refractivity contribution >= 4 is 5.91 Å². The first-order chi connectivity index (χ1) is 8.79. The van der Waals surface area contributed by atoms with Crippen LogP contribution >= 0.6 is 0 Å². The number of nitrogens with zero attached hydrogens (tertiary/aromatic N) is 2. The van der Waals surface area contributed by atoms with Gasteiger partial charge in [-0.15, -0.1) is 0 Å². The SMILES string of the molecule is O=C(CCn1cccn1)NC1CC2CCC(C1)N2. The Morgan fingerprint density at radius 2 is 2.17 bits per heavy atom. The summed E-state index contributed by atoms with van der Waals surface area (Å²) in [5.41, 5.74) is 0. The standard InChI is InChI=1S/C13H20N4O/c18-13(4-7-17-6-1-5-14-17)16-12-8-10-2-3-11(9-12)15-10/h1,5-6,10-12,15H,2-4,7-9H2,(H,16,18). The van der Waals surface area contributed by atoms with E-state index in [-0.39, 0.29) is 5.91 Å². The highest BCUT2D eigenvalue weighted by molar-refractivity contribution is 5.76. The van der Waals surface area contributed by atoms with Crippen molar-refractivity contribution in [1.29, 1.82) is 0 Å². The first kappa shape index (κ1) is 11.7. The first-order valence-corrected chi connectivity index (χ1v) is 6.82. The van der Waals surface area contributed by atoms with Crippen molar-refractivity contribution in [3.63, 3.8) is 0 Å². The lowest BCUT2D eigenvalue weighted by molar-refractivity contribution is -0.122. The van der Waals surface area contributed by atoms with E-state index in [0.29, 0.717) is 31.1 Å². The molecule has 2 N–H and O–H groups in total. The maximum atomic E-state index is 11.9. The molecule has 0 aromatic carbocycles. The molecule has 98 valence electrons. The van der Waals surface area contributed by atoms with Gasteiger partial charge in [-0.2, -0.15) is 5.10 Å². The Kier molecular flexibility index (Phi) is 3.32. The molecule has 5 nitrogen and oxygen atoms in total. The summed E-state index contributed by atoms with van der Waals surface area (Å²) in [6.45, 7) is 0.663. The summed E-state index contributed by atoms with van der Waals surface area (Å²) >= 11 is 0. The van der Waals surface area contributed by atoms with Crippen molar-refractivity contribution < 1.29 is 4.79 Å². The van der Waals surface area contributed by atoms with Crippen LogP contribution in [0.2, 0.25) is 0 Å². The molecular weight excluding hydrogens is 228 g/mol. The van der Waals surface area contributed by atoms with Crippen molar-refractivity contribution in [3.8, 4) is 0 Å². The van der Waals surface area contributed by atoms with Crippen LogP contribution in [0.1, 0.15) is 32.1 Å². The lowest BCUT2D eigenvalue weighted by Gasteiger charge is -2.29. The highest BCUT2D eigenvalue weighted by Crippen LogP contribution is 2.26. The minimum Gasteiger partial charge on any atom is -0.353 e. The van der Waals surface area contributed by atoms with Gasteiger partial charge in [0.1, 0.15) is 0 Å². The minimum absolute atomic E-state index is 0.150. The number of rotatable bonds is 4. The number of carbonyl (C=O) groups is 1. The number of fused-ring (bicyclic) bond motifs is 2. The number of hydrogen-bond acceptors (Lipinski definition) is 3. The number of nitrogens with one attached hydrogen (secondary N) is 2. The highest BCUT2D eigenvalue weighted by Gasteiger charge is 2.33. The summed E-state index contributed by atoms with van der Waals surface area (Å²) in [6, 6.07) is 3.50. The molecule has 1 aromatic rings. The smallest absolute Gasteiger partial charge is 0.222 e. The Morgan fingerprint density at radius 3 is 2.83 bits per heavy atom.